The van der Waals surface area contributed by atoms with Gasteiger partial charge in [-0.1, -0.05) is 127 Å². The van der Waals surface area contributed by atoms with E-state index in [0.717, 1.165) is 55.6 Å². The molecule has 2 heterocycles. The van der Waals surface area contributed by atoms with Crippen molar-refractivity contribution < 1.29 is 9.30 Å². The summed E-state index contributed by atoms with van der Waals surface area (Å²) in [5, 5.41) is 0. The molecule has 4 aromatic carbocycles. The lowest BCUT2D eigenvalue weighted by molar-refractivity contribution is -0.663. The van der Waals surface area contributed by atoms with Crippen LogP contribution in [0.4, 0.5) is 0 Å². The van der Waals surface area contributed by atoms with Gasteiger partial charge in [-0.2, -0.15) is 4.57 Å². The Kier molecular flexibility index (Phi) is 8.31. The molecule has 2 heteroatoms. The lowest BCUT2D eigenvalue weighted by atomic mass is 9.84. The third kappa shape index (κ3) is 5.80. The molecule has 0 radical (unpaired) electrons. The number of pyridine rings is 1. The molecule has 1 aliphatic heterocycles. The summed E-state index contributed by atoms with van der Waals surface area (Å²) in [4.78, 5) is 0. The molecule has 5 aromatic rings. The first-order chi connectivity index (χ1) is 23.7. The van der Waals surface area contributed by atoms with Crippen LogP contribution in [0.15, 0.2) is 169 Å². The van der Waals surface area contributed by atoms with Crippen molar-refractivity contribution in [3.05, 3.63) is 191 Å². The molecule has 2 nitrogen and oxygen atoms in total. The van der Waals surface area contributed by atoms with Crippen molar-refractivity contribution in [2.24, 2.45) is 7.05 Å². The highest BCUT2D eigenvalue weighted by Crippen LogP contribution is 2.44. The summed E-state index contributed by atoms with van der Waals surface area (Å²) in [5.41, 5.74) is 15.5. The zero-order valence-corrected chi connectivity index (χ0v) is 27.5. The maximum Gasteiger partial charge on any atom is 0.213 e. The molecule has 234 valence electrons. The summed E-state index contributed by atoms with van der Waals surface area (Å²) in [6.45, 7) is 0. The molecule has 2 aliphatic carbocycles. The second-order valence-corrected chi connectivity index (χ2v) is 12.9. The van der Waals surface area contributed by atoms with Gasteiger partial charge in [-0.05, 0) is 84.6 Å². The Morgan fingerprint density at radius 3 is 1.92 bits per heavy atom. The van der Waals surface area contributed by atoms with Gasteiger partial charge in [0.25, 0.3) is 0 Å². The largest absolute Gasteiger partial charge is 0.456 e. The van der Waals surface area contributed by atoms with E-state index in [0.29, 0.717) is 0 Å². The summed E-state index contributed by atoms with van der Waals surface area (Å²) < 4.78 is 9.22. The number of allylic oxidation sites excluding steroid dienone is 8. The quantitative estimate of drug-likeness (QED) is 0.172. The van der Waals surface area contributed by atoms with Gasteiger partial charge in [0.2, 0.25) is 11.4 Å². The maximum absolute atomic E-state index is 6.79. The number of hydrogen-bond donors (Lipinski definition) is 0. The molecule has 0 saturated heterocycles. The summed E-state index contributed by atoms with van der Waals surface area (Å²) in [5.74, 6) is 1.94. The van der Waals surface area contributed by atoms with Crippen molar-refractivity contribution in [3.63, 3.8) is 0 Å². The first-order valence-electron chi connectivity index (χ1n) is 17.3. The lowest BCUT2D eigenvalue weighted by Gasteiger charge is -2.29. The molecular weight excluding hydrogens is 583 g/mol. The van der Waals surface area contributed by atoms with E-state index in [4.69, 9.17) is 4.74 Å². The average molecular weight is 623 g/mol. The van der Waals surface area contributed by atoms with Gasteiger partial charge >= 0.3 is 0 Å². The molecule has 8 rings (SSSR count). The highest BCUT2D eigenvalue weighted by Gasteiger charge is 2.30. The highest BCUT2D eigenvalue weighted by atomic mass is 16.5. The molecule has 0 N–H and O–H groups in total. The van der Waals surface area contributed by atoms with E-state index >= 15 is 0 Å². The van der Waals surface area contributed by atoms with Gasteiger partial charge < -0.3 is 4.74 Å². The van der Waals surface area contributed by atoms with Crippen LogP contribution in [0.3, 0.4) is 0 Å². The van der Waals surface area contributed by atoms with Gasteiger partial charge in [0.15, 0.2) is 0 Å². The van der Waals surface area contributed by atoms with E-state index in [-0.39, 0.29) is 0 Å². The monoisotopic (exact) mass is 622 g/mol. The van der Waals surface area contributed by atoms with Crippen LogP contribution in [0, 0.1) is 0 Å². The maximum atomic E-state index is 6.79. The van der Waals surface area contributed by atoms with E-state index in [1.165, 1.54) is 61.5 Å². The minimum absolute atomic E-state index is 0.912. The molecule has 0 fully saturated rings. The summed E-state index contributed by atoms with van der Waals surface area (Å²) in [6.07, 6.45) is 15.6. The topological polar surface area (TPSA) is 13.1 Å². The van der Waals surface area contributed by atoms with Gasteiger partial charge in [-0.3, -0.25) is 0 Å². The van der Waals surface area contributed by atoms with Crippen LogP contribution < -0.4 is 4.57 Å². The van der Waals surface area contributed by atoms with E-state index in [1.54, 1.807) is 0 Å². The second kappa shape index (κ2) is 13.3. The fraction of sp³-hybridized carbons (Fsp3) is 0.152. The molecule has 3 aliphatic rings. The van der Waals surface area contributed by atoms with E-state index in [2.05, 4.69) is 163 Å². The minimum atomic E-state index is 0.912. The van der Waals surface area contributed by atoms with Crippen molar-refractivity contribution in [3.8, 4) is 22.4 Å². The zero-order valence-electron chi connectivity index (χ0n) is 27.5. The SMILES string of the molecule is C[n+]1c(-c2ccccc2)cc(-c2ccccc2)c2c1/C(=C/C=C/C1=C3OC(c4ccccc4)=CC(c4ccccc4)=C3CCC1)CCC2. The van der Waals surface area contributed by atoms with E-state index < -0.39 is 0 Å². The standard InChI is InChI=1S/C46H40NO/c1-47-43(35-21-10-4-11-22-35)31-41(33-17-6-2-7-18-33)39-29-15-26-37(45(39)47)25-14-27-38-28-16-30-40-42(34-19-8-3-9-20-34)32-44(48-46(38)40)36-23-12-5-13-24-36/h2-14,17-25,27,31-32H,15-16,26,28-30H2,1H3/q+1/b27-14+,37-25+. The van der Waals surface area contributed by atoms with Crippen LogP contribution in [-0.2, 0) is 18.2 Å². The molecule has 0 amide bonds. The molecule has 0 unspecified atom stereocenters. The van der Waals surface area contributed by atoms with E-state index in [1.807, 2.05) is 0 Å². The van der Waals surface area contributed by atoms with Crippen molar-refractivity contribution in [1.82, 2.24) is 0 Å². The predicted octanol–water partition coefficient (Wildman–Crippen LogP) is 11.1. The minimum Gasteiger partial charge on any atom is -0.456 e. The second-order valence-electron chi connectivity index (χ2n) is 12.9. The molecule has 0 atom stereocenters. The summed E-state index contributed by atoms with van der Waals surface area (Å²) in [7, 11) is 2.24. The number of rotatable bonds is 6. The third-order valence-electron chi connectivity index (χ3n) is 9.91. The van der Waals surface area contributed by atoms with Crippen LogP contribution in [-0.4, -0.2) is 0 Å². The number of aromatic nitrogens is 1. The fourth-order valence-corrected chi connectivity index (χ4v) is 7.61. The van der Waals surface area contributed by atoms with Crippen LogP contribution in [0.2, 0.25) is 0 Å². The van der Waals surface area contributed by atoms with Crippen LogP contribution >= 0.6 is 0 Å². The van der Waals surface area contributed by atoms with Gasteiger partial charge in [-0.15, -0.1) is 0 Å². The Hall–Kier alpha value is -5.47. The van der Waals surface area contributed by atoms with Crippen molar-refractivity contribution in [2.75, 3.05) is 0 Å². The molecular formula is C46H40NO+. The summed E-state index contributed by atoms with van der Waals surface area (Å²) >= 11 is 0. The van der Waals surface area contributed by atoms with E-state index in [9.17, 15) is 0 Å². The third-order valence-corrected chi connectivity index (χ3v) is 9.91. The van der Waals surface area contributed by atoms with Gasteiger partial charge in [-0.25, -0.2) is 0 Å². The fourth-order valence-electron chi connectivity index (χ4n) is 7.61. The zero-order chi connectivity index (χ0) is 32.3. The van der Waals surface area contributed by atoms with Gasteiger partial charge in [0.05, 0.1) is 0 Å². The van der Waals surface area contributed by atoms with Gasteiger partial charge in [0.1, 0.15) is 18.6 Å². The molecule has 0 spiro atoms. The van der Waals surface area contributed by atoms with Crippen LogP contribution in [0.1, 0.15) is 54.5 Å². The number of ether oxygens (including phenoxy) is 1. The first-order valence-corrected chi connectivity index (χ1v) is 17.3. The molecule has 1 aromatic heterocycles. The molecule has 48 heavy (non-hydrogen) atoms. The molecule has 0 bridgehead atoms. The first kappa shape index (κ1) is 29.9. The van der Waals surface area contributed by atoms with Crippen molar-refractivity contribution >= 4 is 16.9 Å². The van der Waals surface area contributed by atoms with Crippen LogP contribution in [0.25, 0.3) is 39.3 Å². The Balaban J connectivity index is 1.23. The normalized spacial score (nSPS) is 16.9. The average Bonchev–Trinajstić information content (AvgIpc) is 3.16. The van der Waals surface area contributed by atoms with Gasteiger partial charge in [0, 0.05) is 33.9 Å². The Morgan fingerprint density at radius 2 is 1.23 bits per heavy atom. The number of hydrogen-bond acceptors (Lipinski definition) is 1. The van der Waals surface area contributed by atoms with Crippen molar-refractivity contribution in [2.45, 2.75) is 38.5 Å². The Bertz CT molecular complexity index is 2110. The van der Waals surface area contributed by atoms with Crippen molar-refractivity contribution in [1.29, 1.82) is 0 Å². The number of benzene rings is 4. The highest BCUT2D eigenvalue weighted by molar-refractivity contribution is 5.88. The number of fused-ring (bicyclic) bond motifs is 2. The lowest BCUT2D eigenvalue weighted by Crippen LogP contribution is -2.38. The number of nitrogens with zero attached hydrogens (tertiary/aromatic N) is 1. The van der Waals surface area contributed by atoms with Crippen LogP contribution in [0.5, 0.6) is 0 Å². The Morgan fingerprint density at radius 1 is 0.625 bits per heavy atom. The molecule has 0 saturated carbocycles. The smallest absolute Gasteiger partial charge is 0.213 e. The Labute approximate surface area is 284 Å². The predicted molar refractivity (Wildman–Crippen MR) is 198 cm³/mol. The summed E-state index contributed by atoms with van der Waals surface area (Å²) in [6, 6.07) is 45.3.